The molecule has 0 amide bonds. The monoisotopic (exact) mass is 239 g/mol. The van der Waals surface area contributed by atoms with E-state index in [1.165, 1.54) is 21.9 Å². The molecule has 1 aromatic carbocycles. The first-order chi connectivity index (χ1) is 8.77. The molecule has 0 N–H and O–H groups in total. The van der Waals surface area contributed by atoms with Crippen LogP contribution >= 0.6 is 0 Å². The summed E-state index contributed by atoms with van der Waals surface area (Å²) in [6.07, 6.45) is 4.01. The van der Waals surface area contributed by atoms with E-state index in [1.807, 2.05) is 26.1 Å². The molecular formula is C16H19N2+. The second-order valence-corrected chi connectivity index (χ2v) is 4.15. The smallest absolute Gasteiger partial charge is 0.239 e. The zero-order valence-electron chi connectivity index (χ0n) is 11.4. The predicted octanol–water partition coefficient (Wildman–Crippen LogP) is 3.55. The van der Waals surface area contributed by atoms with Crippen LogP contribution in [0.1, 0.15) is 19.4 Å². The van der Waals surface area contributed by atoms with Crippen molar-refractivity contribution >= 4 is 21.8 Å². The van der Waals surface area contributed by atoms with Crippen LogP contribution in [0.5, 0.6) is 0 Å². The fraction of sp³-hybridized carbons (Fsp3) is 0.250. The highest BCUT2D eigenvalue weighted by Crippen LogP contribution is 2.23. The van der Waals surface area contributed by atoms with Crippen LogP contribution in [-0.2, 0) is 7.05 Å². The molecule has 3 aromatic rings. The fourth-order valence-electron chi connectivity index (χ4n) is 2.27. The van der Waals surface area contributed by atoms with E-state index in [0.29, 0.717) is 0 Å². The fourth-order valence-corrected chi connectivity index (χ4v) is 2.27. The van der Waals surface area contributed by atoms with Crippen molar-refractivity contribution < 1.29 is 4.57 Å². The molecule has 2 nitrogen and oxygen atoms in total. The number of nitrogens with zero attached hydrogens (tertiary/aromatic N) is 2. The maximum Gasteiger partial charge on any atom is 0.239 e. The Bertz CT molecular complexity index is 626. The van der Waals surface area contributed by atoms with E-state index in [9.17, 15) is 0 Å². The van der Waals surface area contributed by atoms with Crippen molar-refractivity contribution in [2.75, 3.05) is 0 Å². The number of aromatic nitrogens is 2. The molecule has 0 atom stereocenters. The summed E-state index contributed by atoms with van der Waals surface area (Å²) in [6, 6.07) is 10.4. The van der Waals surface area contributed by atoms with Crippen LogP contribution in [0, 0.1) is 6.92 Å². The van der Waals surface area contributed by atoms with Crippen molar-refractivity contribution in [3.63, 3.8) is 0 Å². The summed E-state index contributed by atoms with van der Waals surface area (Å²) in [7, 11) is 2.07. The van der Waals surface area contributed by atoms with Crippen LogP contribution in [0.4, 0.5) is 0 Å². The van der Waals surface area contributed by atoms with Crippen LogP contribution in [0.15, 0.2) is 42.7 Å². The second-order valence-electron chi connectivity index (χ2n) is 4.15. The highest BCUT2D eigenvalue weighted by atomic mass is 14.9. The number of aryl methyl sites for hydroxylation is 2. The number of pyridine rings is 2. The Kier molecular flexibility index (Phi) is 3.56. The summed E-state index contributed by atoms with van der Waals surface area (Å²) in [5, 5.41) is 2.50. The highest BCUT2D eigenvalue weighted by Gasteiger charge is 2.11. The van der Waals surface area contributed by atoms with Gasteiger partial charge in [-0.2, -0.15) is 4.57 Å². The lowest BCUT2D eigenvalue weighted by atomic mass is 10.1. The first kappa shape index (κ1) is 12.5. The summed E-state index contributed by atoms with van der Waals surface area (Å²) in [4.78, 5) is 4.49. The molecule has 0 aliphatic rings. The number of rotatable bonds is 0. The van der Waals surface area contributed by atoms with Crippen LogP contribution in [0.25, 0.3) is 21.8 Å². The Balaban J connectivity index is 0.000000574. The van der Waals surface area contributed by atoms with E-state index in [4.69, 9.17) is 0 Å². The molecule has 0 saturated heterocycles. The molecule has 0 fully saturated rings. The van der Waals surface area contributed by atoms with Gasteiger partial charge in [0.2, 0.25) is 5.52 Å². The normalized spacial score (nSPS) is 10.2. The molecule has 0 unspecified atom stereocenters. The van der Waals surface area contributed by atoms with Crippen LogP contribution < -0.4 is 4.57 Å². The first-order valence-corrected chi connectivity index (χ1v) is 6.40. The van der Waals surface area contributed by atoms with E-state index < -0.39 is 0 Å². The molecule has 0 spiro atoms. The Morgan fingerprint density at radius 3 is 2.61 bits per heavy atom. The lowest BCUT2D eigenvalue weighted by Gasteiger charge is -2.03. The SMILES string of the molecule is CC.Cc1cccc2cnc3ccc[n+](C)c3c12. The van der Waals surface area contributed by atoms with Gasteiger partial charge < -0.3 is 0 Å². The van der Waals surface area contributed by atoms with E-state index in [2.05, 4.69) is 54.0 Å². The summed E-state index contributed by atoms with van der Waals surface area (Å²) >= 11 is 0. The van der Waals surface area contributed by atoms with Crippen molar-refractivity contribution in [3.8, 4) is 0 Å². The van der Waals surface area contributed by atoms with E-state index in [0.717, 1.165) is 5.52 Å². The number of hydrogen-bond acceptors (Lipinski definition) is 1. The van der Waals surface area contributed by atoms with Gasteiger partial charge in [0.1, 0.15) is 12.6 Å². The third-order valence-electron chi connectivity index (χ3n) is 3.04. The van der Waals surface area contributed by atoms with Gasteiger partial charge in [0.05, 0.1) is 5.39 Å². The van der Waals surface area contributed by atoms with Crippen molar-refractivity contribution in [2.45, 2.75) is 20.8 Å². The molecule has 2 heterocycles. The maximum atomic E-state index is 4.49. The second kappa shape index (κ2) is 5.13. The van der Waals surface area contributed by atoms with Gasteiger partial charge in [-0.05, 0) is 18.6 Å². The average Bonchev–Trinajstić information content (AvgIpc) is 2.41. The zero-order chi connectivity index (χ0) is 13.1. The molecule has 92 valence electrons. The molecule has 0 aliphatic carbocycles. The van der Waals surface area contributed by atoms with Crippen LogP contribution in [0.3, 0.4) is 0 Å². The largest absolute Gasteiger partial charge is 0.249 e. The number of benzene rings is 1. The van der Waals surface area contributed by atoms with Crippen molar-refractivity contribution in [1.29, 1.82) is 0 Å². The van der Waals surface area contributed by atoms with Gasteiger partial charge in [0.15, 0.2) is 6.20 Å². The van der Waals surface area contributed by atoms with Crippen molar-refractivity contribution in [3.05, 3.63) is 48.3 Å². The summed E-state index contributed by atoms with van der Waals surface area (Å²) < 4.78 is 2.14. The quantitative estimate of drug-likeness (QED) is 0.433. The standard InChI is InChI=1S/C14H13N2.C2H6/c1-10-5-3-6-11-9-15-12-7-4-8-16(2)14(12)13(10)11;1-2/h3-9H,1-2H3;1-2H3/q+1;. The lowest BCUT2D eigenvalue weighted by molar-refractivity contribution is -0.644. The topological polar surface area (TPSA) is 16.8 Å². The molecule has 0 aliphatic heterocycles. The predicted molar refractivity (Wildman–Crippen MR) is 76.5 cm³/mol. The van der Waals surface area contributed by atoms with Crippen LogP contribution in [-0.4, -0.2) is 4.98 Å². The Morgan fingerprint density at radius 1 is 1.06 bits per heavy atom. The minimum Gasteiger partial charge on any atom is -0.249 e. The molecule has 2 heteroatoms. The van der Waals surface area contributed by atoms with Gasteiger partial charge in [-0.1, -0.05) is 32.0 Å². The third kappa shape index (κ3) is 1.94. The Labute approximate surface area is 108 Å². The molecule has 3 rings (SSSR count). The van der Waals surface area contributed by atoms with Gasteiger partial charge >= 0.3 is 0 Å². The summed E-state index contributed by atoms with van der Waals surface area (Å²) in [6.45, 7) is 6.15. The maximum absolute atomic E-state index is 4.49. The third-order valence-corrected chi connectivity index (χ3v) is 3.04. The molecular weight excluding hydrogens is 220 g/mol. The van der Waals surface area contributed by atoms with Gasteiger partial charge in [0.25, 0.3) is 0 Å². The summed E-state index contributed by atoms with van der Waals surface area (Å²) in [5.74, 6) is 0. The Morgan fingerprint density at radius 2 is 1.83 bits per heavy atom. The number of hydrogen-bond donors (Lipinski definition) is 0. The van der Waals surface area contributed by atoms with Gasteiger partial charge in [-0.15, -0.1) is 0 Å². The first-order valence-electron chi connectivity index (χ1n) is 6.40. The van der Waals surface area contributed by atoms with Crippen molar-refractivity contribution in [1.82, 2.24) is 4.98 Å². The number of fused-ring (bicyclic) bond motifs is 3. The molecule has 0 radical (unpaired) electrons. The molecule has 18 heavy (non-hydrogen) atoms. The van der Waals surface area contributed by atoms with E-state index in [1.54, 1.807) is 0 Å². The lowest BCUT2D eigenvalue weighted by Crippen LogP contribution is -2.28. The van der Waals surface area contributed by atoms with E-state index >= 15 is 0 Å². The molecule has 2 aromatic heterocycles. The zero-order valence-corrected chi connectivity index (χ0v) is 11.4. The van der Waals surface area contributed by atoms with Gasteiger partial charge in [-0.3, -0.25) is 0 Å². The van der Waals surface area contributed by atoms with Gasteiger partial charge in [-0.25, -0.2) is 4.98 Å². The molecule has 0 bridgehead atoms. The minimum absolute atomic E-state index is 1.05. The molecule has 0 saturated carbocycles. The van der Waals surface area contributed by atoms with Gasteiger partial charge in [0, 0.05) is 17.6 Å². The van der Waals surface area contributed by atoms with Crippen LogP contribution in [0.2, 0.25) is 0 Å². The van der Waals surface area contributed by atoms with Crippen molar-refractivity contribution in [2.24, 2.45) is 7.05 Å². The van der Waals surface area contributed by atoms with E-state index in [-0.39, 0.29) is 0 Å². The Hall–Kier alpha value is -1.96. The highest BCUT2D eigenvalue weighted by molar-refractivity contribution is 6.02. The summed E-state index contributed by atoms with van der Waals surface area (Å²) in [5.41, 5.74) is 3.55. The average molecular weight is 239 g/mol. The minimum atomic E-state index is 1.05.